The summed E-state index contributed by atoms with van der Waals surface area (Å²) in [5.41, 5.74) is 12.6. The lowest BCUT2D eigenvalue weighted by molar-refractivity contribution is 0.572. The molecule has 1 aromatic heterocycles. The molecule has 0 saturated carbocycles. The zero-order chi connectivity index (χ0) is 10.2. The minimum absolute atomic E-state index is 0.149. The van der Waals surface area contributed by atoms with Crippen molar-refractivity contribution in [1.82, 2.24) is 4.98 Å². The van der Waals surface area contributed by atoms with Crippen molar-refractivity contribution in [2.24, 2.45) is 11.5 Å². The summed E-state index contributed by atoms with van der Waals surface area (Å²) in [6.07, 6.45) is 8.03. The zero-order valence-corrected chi connectivity index (χ0v) is 8.52. The summed E-state index contributed by atoms with van der Waals surface area (Å²) in [6, 6.07) is 4.11. The van der Waals surface area contributed by atoms with Gasteiger partial charge in [-0.2, -0.15) is 0 Å². The molecule has 0 aliphatic heterocycles. The highest BCUT2D eigenvalue weighted by molar-refractivity contribution is 5.13. The minimum atomic E-state index is 0.149. The smallest absolute Gasteiger partial charge is 0.0295 e. The average Bonchev–Trinajstić information content (AvgIpc) is 2.25. The molecule has 1 aromatic rings. The second-order valence-electron chi connectivity index (χ2n) is 3.53. The predicted octanol–water partition coefficient (Wildman–Crippen LogP) is 1.60. The standard InChI is InChI=1S/C11H19N3/c12-7-3-1-2-4-11(13)10-5-8-14-9-6-10/h5-6,8-9,11H,1-4,7,12-13H2/t11-/m0/s1. The summed E-state index contributed by atoms with van der Waals surface area (Å²) in [5.74, 6) is 0. The van der Waals surface area contributed by atoms with E-state index in [1.54, 1.807) is 12.4 Å². The number of nitrogens with zero attached hydrogens (tertiary/aromatic N) is 1. The van der Waals surface area contributed by atoms with Crippen molar-refractivity contribution in [3.05, 3.63) is 30.1 Å². The quantitative estimate of drug-likeness (QED) is 0.674. The van der Waals surface area contributed by atoms with Gasteiger partial charge in [-0.3, -0.25) is 4.98 Å². The first-order valence-corrected chi connectivity index (χ1v) is 5.20. The van der Waals surface area contributed by atoms with E-state index in [9.17, 15) is 0 Å². The van der Waals surface area contributed by atoms with Crippen LogP contribution < -0.4 is 11.5 Å². The van der Waals surface area contributed by atoms with Crippen molar-refractivity contribution in [1.29, 1.82) is 0 Å². The summed E-state index contributed by atoms with van der Waals surface area (Å²) in [6.45, 7) is 0.782. The Balaban J connectivity index is 2.25. The van der Waals surface area contributed by atoms with E-state index in [1.807, 2.05) is 12.1 Å². The molecule has 14 heavy (non-hydrogen) atoms. The van der Waals surface area contributed by atoms with Crippen molar-refractivity contribution in [3.8, 4) is 0 Å². The van der Waals surface area contributed by atoms with Crippen LogP contribution in [-0.4, -0.2) is 11.5 Å². The maximum Gasteiger partial charge on any atom is 0.0295 e. The maximum atomic E-state index is 6.02. The molecular formula is C11H19N3. The Morgan fingerprint density at radius 1 is 1.14 bits per heavy atom. The molecule has 0 amide bonds. The normalized spacial score (nSPS) is 12.7. The largest absolute Gasteiger partial charge is 0.330 e. The van der Waals surface area contributed by atoms with E-state index in [-0.39, 0.29) is 6.04 Å². The summed E-state index contributed by atoms with van der Waals surface area (Å²) in [7, 11) is 0. The fraction of sp³-hybridized carbons (Fsp3) is 0.545. The van der Waals surface area contributed by atoms with Gasteiger partial charge >= 0.3 is 0 Å². The van der Waals surface area contributed by atoms with E-state index in [0.29, 0.717) is 0 Å². The van der Waals surface area contributed by atoms with E-state index in [0.717, 1.165) is 25.8 Å². The van der Waals surface area contributed by atoms with Gasteiger partial charge in [-0.05, 0) is 37.1 Å². The number of aromatic nitrogens is 1. The molecule has 0 spiro atoms. The second-order valence-corrected chi connectivity index (χ2v) is 3.53. The molecule has 1 atom stereocenters. The summed E-state index contributed by atoms with van der Waals surface area (Å²) in [4.78, 5) is 3.97. The molecule has 0 aliphatic carbocycles. The van der Waals surface area contributed by atoms with Crippen LogP contribution in [0.15, 0.2) is 24.5 Å². The van der Waals surface area contributed by atoms with Gasteiger partial charge in [0.25, 0.3) is 0 Å². The summed E-state index contributed by atoms with van der Waals surface area (Å²) in [5, 5.41) is 0. The van der Waals surface area contributed by atoms with Gasteiger partial charge in [-0.1, -0.05) is 12.8 Å². The van der Waals surface area contributed by atoms with Gasteiger partial charge in [-0.15, -0.1) is 0 Å². The number of rotatable bonds is 6. The van der Waals surface area contributed by atoms with Crippen LogP contribution >= 0.6 is 0 Å². The lowest BCUT2D eigenvalue weighted by Crippen LogP contribution is -2.10. The van der Waals surface area contributed by atoms with Crippen LogP contribution in [0.25, 0.3) is 0 Å². The molecule has 0 unspecified atom stereocenters. The molecule has 0 saturated heterocycles. The number of hydrogen-bond acceptors (Lipinski definition) is 3. The van der Waals surface area contributed by atoms with E-state index < -0.39 is 0 Å². The van der Waals surface area contributed by atoms with Gasteiger partial charge in [0.1, 0.15) is 0 Å². The summed E-state index contributed by atoms with van der Waals surface area (Å²) >= 11 is 0. The predicted molar refractivity (Wildman–Crippen MR) is 58.7 cm³/mol. The van der Waals surface area contributed by atoms with Gasteiger partial charge in [-0.25, -0.2) is 0 Å². The molecule has 1 rings (SSSR count). The van der Waals surface area contributed by atoms with Crippen molar-refractivity contribution in [3.63, 3.8) is 0 Å². The monoisotopic (exact) mass is 193 g/mol. The Hall–Kier alpha value is -0.930. The van der Waals surface area contributed by atoms with Crippen LogP contribution in [0.4, 0.5) is 0 Å². The minimum Gasteiger partial charge on any atom is -0.330 e. The van der Waals surface area contributed by atoms with Crippen LogP contribution in [0.5, 0.6) is 0 Å². The van der Waals surface area contributed by atoms with E-state index in [4.69, 9.17) is 11.5 Å². The Bertz CT molecular complexity index is 236. The number of nitrogens with two attached hydrogens (primary N) is 2. The van der Waals surface area contributed by atoms with Gasteiger partial charge in [0.05, 0.1) is 0 Å². The summed E-state index contributed by atoms with van der Waals surface area (Å²) < 4.78 is 0. The average molecular weight is 193 g/mol. The lowest BCUT2D eigenvalue weighted by Gasteiger charge is -2.10. The first-order chi connectivity index (χ1) is 6.84. The lowest BCUT2D eigenvalue weighted by atomic mass is 10.0. The number of hydrogen-bond donors (Lipinski definition) is 2. The van der Waals surface area contributed by atoms with Crippen molar-refractivity contribution < 1.29 is 0 Å². The Labute approximate surface area is 85.5 Å². The number of pyridine rings is 1. The molecule has 3 heteroatoms. The first-order valence-electron chi connectivity index (χ1n) is 5.20. The third-order valence-electron chi connectivity index (χ3n) is 2.35. The van der Waals surface area contributed by atoms with Crippen molar-refractivity contribution in [2.45, 2.75) is 31.7 Å². The fourth-order valence-electron chi connectivity index (χ4n) is 1.46. The highest BCUT2D eigenvalue weighted by atomic mass is 14.6. The maximum absolute atomic E-state index is 6.02. The van der Waals surface area contributed by atoms with Crippen LogP contribution in [0.3, 0.4) is 0 Å². The van der Waals surface area contributed by atoms with Crippen molar-refractivity contribution >= 4 is 0 Å². The van der Waals surface area contributed by atoms with Crippen LogP contribution in [0, 0.1) is 0 Å². The SMILES string of the molecule is NCCCCC[C@H](N)c1ccncc1. The molecule has 3 nitrogen and oxygen atoms in total. The van der Waals surface area contributed by atoms with Gasteiger partial charge in [0.15, 0.2) is 0 Å². The van der Waals surface area contributed by atoms with E-state index in [2.05, 4.69) is 4.98 Å². The topological polar surface area (TPSA) is 64.9 Å². The number of unbranched alkanes of at least 4 members (excludes halogenated alkanes) is 2. The van der Waals surface area contributed by atoms with Gasteiger partial charge in [0, 0.05) is 18.4 Å². The molecule has 0 bridgehead atoms. The van der Waals surface area contributed by atoms with Crippen LogP contribution in [-0.2, 0) is 0 Å². The molecule has 0 radical (unpaired) electrons. The highest BCUT2D eigenvalue weighted by Gasteiger charge is 2.03. The van der Waals surface area contributed by atoms with E-state index in [1.165, 1.54) is 12.0 Å². The van der Waals surface area contributed by atoms with Gasteiger partial charge in [0.2, 0.25) is 0 Å². The molecule has 0 aliphatic rings. The van der Waals surface area contributed by atoms with Crippen molar-refractivity contribution in [2.75, 3.05) is 6.54 Å². The van der Waals surface area contributed by atoms with Gasteiger partial charge < -0.3 is 11.5 Å². The molecule has 0 fully saturated rings. The Morgan fingerprint density at radius 3 is 2.50 bits per heavy atom. The van der Waals surface area contributed by atoms with E-state index >= 15 is 0 Å². The molecular weight excluding hydrogens is 174 g/mol. The third-order valence-corrected chi connectivity index (χ3v) is 2.35. The zero-order valence-electron chi connectivity index (χ0n) is 8.52. The Morgan fingerprint density at radius 2 is 1.86 bits per heavy atom. The van der Waals surface area contributed by atoms with Crippen LogP contribution in [0.1, 0.15) is 37.3 Å². The Kier molecular flexibility index (Phi) is 5.19. The highest BCUT2D eigenvalue weighted by Crippen LogP contribution is 2.15. The molecule has 1 heterocycles. The molecule has 78 valence electrons. The fourth-order valence-corrected chi connectivity index (χ4v) is 1.46. The first kappa shape index (κ1) is 11.1. The van der Waals surface area contributed by atoms with Crippen LogP contribution in [0.2, 0.25) is 0 Å². The third kappa shape index (κ3) is 3.85. The second kappa shape index (κ2) is 6.51. The molecule has 4 N–H and O–H groups in total. The molecule has 0 aromatic carbocycles.